The Morgan fingerprint density at radius 2 is 2.08 bits per heavy atom. The summed E-state index contributed by atoms with van der Waals surface area (Å²) in [6.45, 7) is 9.65. The number of carbonyl (C=O) groups excluding carboxylic acids is 1. The van der Waals surface area contributed by atoms with Gasteiger partial charge in [0, 0.05) is 57.1 Å². The van der Waals surface area contributed by atoms with Crippen LogP contribution in [-0.2, 0) is 22.7 Å². The summed E-state index contributed by atoms with van der Waals surface area (Å²) in [7, 11) is -1.14. The Hall–Kier alpha value is -3.81. The molecule has 3 aromatic heterocycles. The van der Waals surface area contributed by atoms with Crippen LogP contribution in [-0.4, -0.2) is 44.9 Å². The van der Waals surface area contributed by atoms with Crippen LogP contribution in [0.2, 0.25) is 25.7 Å². The number of rotatable bonds is 10. The number of hydrogen-bond acceptors (Lipinski definition) is 6. The van der Waals surface area contributed by atoms with Gasteiger partial charge in [-0.25, -0.2) is 9.97 Å². The number of ether oxygens (including phenoxy) is 1. The molecule has 0 saturated heterocycles. The molecule has 0 aliphatic carbocycles. The molecule has 0 fully saturated rings. The van der Waals surface area contributed by atoms with Crippen LogP contribution < -0.4 is 5.32 Å². The maximum Gasteiger partial charge on any atom is 0.221 e. The SMILES string of the molecule is CC(=O)Nc1cccc(CC(C#N)n2cc(-c3ncnc4c3ccn4COCC[Si](C)(C)C)cn2)c1. The minimum atomic E-state index is -1.14. The van der Waals surface area contributed by atoms with Gasteiger partial charge in [0.05, 0.1) is 18.0 Å². The summed E-state index contributed by atoms with van der Waals surface area (Å²) in [5.74, 6) is -0.135. The quantitative estimate of drug-likeness (QED) is 0.245. The lowest BCUT2D eigenvalue weighted by Crippen LogP contribution is -2.22. The van der Waals surface area contributed by atoms with E-state index in [1.54, 1.807) is 17.2 Å². The highest BCUT2D eigenvalue weighted by Gasteiger charge is 2.17. The molecular weight excluding hydrogens is 470 g/mol. The Morgan fingerprint density at radius 3 is 2.83 bits per heavy atom. The van der Waals surface area contributed by atoms with Gasteiger partial charge >= 0.3 is 0 Å². The molecule has 3 heterocycles. The number of aromatic nitrogens is 5. The van der Waals surface area contributed by atoms with E-state index >= 15 is 0 Å². The van der Waals surface area contributed by atoms with E-state index in [0.717, 1.165) is 40.5 Å². The number of benzene rings is 1. The van der Waals surface area contributed by atoms with Gasteiger partial charge in [-0.1, -0.05) is 31.8 Å². The summed E-state index contributed by atoms with van der Waals surface area (Å²) in [5.41, 5.74) is 4.01. The second-order valence-electron chi connectivity index (χ2n) is 10.0. The molecule has 36 heavy (non-hydrogen) atoms. The third-order valence-corrected chi connectivity index (χ3v) is 7.51. The highest BCUT2D eigenvalue weighted by Crippen LogP contribution is 2.27. The topological polar surface area (TPSA) is 111 Å². The number of hydrogen-bond donors (Lipinski definition) is 1. The molecule has 1 unspecified atom stereocenters. The lowest BCUT2D eigenvalue weighted by molar-refractivity contribution is -0.114. The minimum absolute atomic E-state index is 0.135. The lowest BCUT2D eigenvalue weighted by atomic mass is 10.1. The van der Waals surface area contributed by atoms with Crippen molar-refractivity contribution < 1.29 is 9.53 Å². The van der Waals surface area contributed by atoms with E-state index in [-0.39, 0.29) is 5.91 Å². The molecule has 1 amide bonds. The van der Waals surface area contributed by atoms with Crippen LogP contribution in [0.4, 0.5) is 5.69 Å². The van der Waals surface area contributed by atoms with Gasteiger partial charge in [-0.3, -0.25) is 9.48 Å². The number of nitrogens with zero attached hydrogens (tertiary/aromatic N) is 6. The third-order valence-electron chi connectivity index (χ3n) is 5.80. The smallest absolute Gasteiger partial charge is 0.221 e. The average molecular weight is 502 g/mol. The standard InChI is InChI=1S/C26H31N7O2Si/c1-19(34)31-22-7-5-6-20(12-22)13-23(14-27)33-16-21(15-30-33)25-24-8-9-32(26(24)29-17-28-25)18-35-10-11-36(2,3)4/h5-9,12,15-17,23H,10-11,13,18H2,1-4H3,(H,31,34). The molecule has 0 aliphatic heterocycles. The first kappa shape index (κ1) is 25.3. The monoisotopic (exact) mass is 501 g/mol. The van der Waals surface area contributed by atoms with Crippen LogP contribution in [0.15, 0.2) is 55.2 Å². The molecule has 186 valence electrons. The van der Waals surface area contributed by atoms with E-state index in [0.29, 0.717) is 18.8 Å². The van der Waals surface area contributed by atoms with E-state index in [1.807, 2.05) is 47.3 Å². The van der Waals surface area contributed by atoms with E-state index < -0.39 is 14.1 Å². The molecule has 1 atom stereocenters. The van der Waals surface area contributed by atoms with Gasteiger partial charge in [0.2, 0.25) is 5.91 Å². The van der Waals surface area contributed by atoms with Gasteiger partial charge in [0.25, 0.3) is 0 Å². The normalized spacial score (nSPS) is 12.4. The van der Waals surface area contributed by atoms with E-state index in [1.165, 1.54) is 6.92 Å². The number of fused-ring (bicyclic) bond motifs is 1. The van der Waals surface area contributed by atoms with Crippen molar-refractivity contribution in [1.82, 2.24) is 24.3 Å². The second kappa shape index (κ2) is 10.8. The molecule has 4 aromatic rings. The largest absolute Gasteiger partial charge is 0.361 e. The summed E-state index contributed by atoms with van der Waals surface area (Å²) in [6.07, 6.45) is 7.52. The van der Waals surface area contributed by atoms with Crippen LogP contribution in [0.3, 0.4) is 0 Å². The second-order valence-corrected chi connectivity index (χ2v) is 15.7. The van der Waals surface area contributed by atoms with Crippen molar-refractivity contribution in [3.8, 4) is 17.3 Å². The molecular formula is C26H31N7O2Si. The average Bonchev–Trinajstić information content (AvgIpc) is 3.47. The zero-order valence-corrected chi connectivity index (χ0v) is 22.1. The molecule has 0 bridgehead atoms. The Morgan fingerprint density at radius 1 is 1.25 bits per heavy atom. The lowest BCUT2D eigenvalue weighted by Gasteiger charge is -2.15. The molecule has 9 nitrogen and oxygen atoms in total. The summed E-state index contributed by atoms with van der Waals surface area (Å²) >= 11 is 0. The van der Waals surface area contributed by atoms with Gasteiger partial charge < -0.3 is 14.6 Å². The fraction of sp³-hybridized carbons (Fsp3) is 0.346. The number of amides is 1. The predicted octanol–water partition coefficient (Wildman–Crippen LogP) is 4.87. The highest BCUT2D eigenvalue weighted by molar-refractivity contribution is 6.76. The van der Waals surface area contributed by atoms with Crippen molar-refractivity contribution in [2.75, 3.05) is 11.9 Å². The highest BCUT2D eigenvalue weighted by atomic mass is 28.3. The molecule has 0 spiro atoms. The zero-order valence-electron chi connectivity index (χ0n) is 21.1. The fourth-order valence-electron chi connectivity index (χ4n) is 3.91. The van der Waals surface area contributed by atoms with E-state index in [2.05, 4.69) is 46.1 Å². The van der Waals surface area contributed by atoms with Gasteiger partial charge in [-0.2, -0.15) is 10.4 Å². The maximum absolute atomic E-state index is 11.4. The van der Waals surface area contributed by atoms with Crippen LogP contribution in [0.1, 0.15) is 18.5 Å². The summed E-state index contributed by atoms with van der Waals surface area (Å²) in [6, 6.07) is 12.4. The Labute approximate surface area is 211 Å². The first-order valence-corrected chi connectivity index (χ1v) is 15.6. The van der Waals surface area contributed by atoms with Gasteiger partial charge in [0.1, 0.15) is 24.7 Å². The maximum atomic E-state index is 11.4. The van der Waals surface area contributed by atoms with Crippen LogP contribution >= 0.6 is 0 Å². The van der Waals surface area contributed by atoms with Crippen molar-refractivity contribution >= 4 is 30.7 Å². The Bertz CT molecular complexity index is 1400. The summed E-state index contributed by atoms with van der Waals surface area (Å²) < 4.78 is 9.54. The molecule has 10 heteroatoms. The third kappa shape index (κ3) is 6.24. The number of nitrogens with one attached hydrogen (secondary N) is 1. The van der Waals surface area contributed by atoms with E-state index in [4.69, 9.17) is 4.74 Å². The van der Waals surface area contributed by atoms with Crippen LogP contribution in [0.5, 0.6) is 0 Å². The zero-order chi connectivity index (χ0) is 25.7. The van der Waals surface area contributed by atoms with Crippen LogP contribution in [0, 0.1) is 11.3 Å². The van der Waals surface area contributed by atoms with E-state index in [9.17, 15) is 10.1 Å². The first-order chi connectivity index (χ1) is 17.2. The minimum Gasteiger partial charge on any atom is -0.361 e. The number of anilines is 1. The summed E-state index contributed by atoms with van der Waals surface area (Å²) in [4.78, 5) is 20.3. The van der Waals surface area contributed by atoms with Crippen molar-refractivity contribution in [3.05, 3.63) is 60.8 Å². The Balaban J connectivity index is 1.51. The number of nitriles is 1. The van der Waals surface area contributed by atoms with Gasteiger partial charge in [0.15, 0.2) is 0 Å². The van der Waals surface area contributed by atoms with Gasteiger partial charge in [-0.15, -0.1) is 0 Å². The van der Waals surface area contributed by atoms with Gasteiger partial charge in [-0.05, 0) is 29.8 Å². The summed E-state index contributed by atoms with van der Waals surface area (Å²) in [5, 5.41) is 18.0. The molecule has 4 rings (SSSR count). The molecule has 1 aromatic carbocycles. The first-order valence-electron chi connectivity index (χ1n) is 11.9. The Kier molecular flexibility index (Phi) is 7.62. The molecule has 0 aliphatic rings. The van der Waals surface area contributed by atoms with Crippen molar-refractivity contribution in [2.45, 2.75) is 51.8 Å². The van der Waals surface area contributed by atoms with Crippen molar-refractivity contribution in [2.24, 2.45) is 0 Å². The molecule has 0 radical (unpaired) electrons. The molecule has 0 saturated carbocycles. The van der Waals surface area contributed by atoms with Crippen LogP contribution in [0.25, 0.3) is 22.3 Å². The van der Waals surface area contributed by atoms with Crippen molar-refractivity contribution in [1.29, 1.82) is 5.26 Å². The molecule has 1 N–H and O–H groups in total. The number of carbonyl (C=O) groups is 1. The predicted molar refractivity (Wildman–Crippen MR) is 142 cm³/mol. The fourth-order valence-corrected chi connectivity index (χ4v) is 4.67. The van der Waals surface area contributed by atoms with Crippen molar-refractivity contribution in [3.63, 3.8) is 0 Å².